The van der Waals surface area contributed by atoms with Gasteiger partial charge in [-0.25, -0.2) is 4.52 Å². The van der Waals surface area contributed by atoms with E-state index in [2.05, 4.69) is 16.0 Å². The van der Waals surface area contributed by atoms with E-state index >= 15 is 0 Å². The summed E-state index contributed by atoms with van der Waals surface area (Å²) >= 11 is 6.54. The Morgan fingerprint density at radius 2 is 1.86 bits per heavy atom. The molecule has 0 amide bonds. The van der Waals surface area contributed by atoms with Crippen LogP contribution in [0.5, 0.6) is 0 Å². The molecule has 5 aromatic rings. The summed E-state index contributed by atoms with van der Waals surface area (Å²) in [5.41, 5.74) is 9.45. The molecule has 0 spiro atoms. The van der Waals surface area contributed by atoms with Crippen molar-refractivity contribution in [2.75, 3.05) is 18.0 Å². The van der Waals surface area contributed by atoms with Crippen LogP contribution in [0.15, 0.2) is 78.0 Å². The van der Waals surface area contributed by atoms with Gasteiger partial charge in [0.1, 0.15) is 5.52 Å². The number of halogens is 2. The van der Waals surface area contributed by atoms with Crippen LogP contribution in [-0.4, -0.2) is 38.3 Å². The van der Waals surface area contributed by atoms with Gasteiger partial charge in [-0.3, -0.25) is 9.78 Å². The van der Waals surface area contributed by atoms with Crippen molar-refractivity contribution >= 4 is 46.1 Å². The van der Waals surface area contributed by atoms with Crippen LogP contribution in [0.4, 0.5) is 5.82 Å². The summed E-state index contributed by atoms with van der Waals surface area (Å²) < 4.78 is 3.42. The Kier molecular flexibility index (Phi) is 7.20. The lowest BCUT2D eigenvalue weighted by atomic mass is 10.0. The molecule has 6 rings (SSSR count). The molecule has 2 N–H and O–H groups in total. The number of benzene rings is 2. The molecule has 4 heterocycles. The first kappa shape index (κ1) is 25.3. The average molecular weight is 535 g/mol. The van der Waals surface area contributed by atoms with Crippen LogP contribution >= 0.6 is 24.0 Å². The van der Waals surface area contributed by atoms with Crippen molar-refractivity contribution in [3.63, 3.8) is 0 Å². The minimum atomic E-state index is -0.102. The third-order valence-electron chi connectivity index (χ3n) is 7.00. The molecule has 37 heavy (non-hydrogen) atoms. The molecule has 0 bridgehead atoms. The van der Waals surface area contributed by atoms with Crippen LogP contribution in [0.2, 0.25) is 5.02 Å². The number of nitrogens with two attached hydrogens (primary N) is 1. The maximum Gasteiger partial charge on any atom is 0.277 e. The number of hydrogen-bond donors (Lipinski definition) is 1. The SMILES string of the molecule is Cl.N[C@@H]1CCCN(c2nn3ccn(Cc4nccc5ccccc45)c(=O)c3c2Cc2ccccc2Cl)C1. The minimum Gasteiger partial charge on any atom is -0.353 e. The van der Waals surface area contributed by atoms with Crippen LogP contribution in [0.3, 0.4) is 0 Å². The summed E-state index contributed by atoms with van der Waals surface area (Å²) in [6, 6.07) is 17.9. The molecule has 7 nitrogen and oxygen atoms in total. The van der Waals surface area contributed by atoms with Crippen molar-refractivity contribution in [3.8, 4) is 0 Å². The Hall–Kier alpha value is -3.39. The zero-order chi connectivity index (χ0) is 24.6. The monoisotopic (exact) mass is 534 g/mol. The first-order valence-corrected chi connectivity index (χ1v) is 12.6. The van der Waals surface area contributed by atoms with Crippen LogP contribution in [0.1, 0.15) is 29.7 Å². The Bertz CT molecular complexity index is 1620. The van der Waals surface area contributed by atoms with E-state index in [0.29, 0.717) is 30.0 Å². The Balaban J connectivity index is 0.00000280. The molecule has 9 heteroatoms. The molecule has 0 radical (unpaired) electrons. The van der Waals surface area contributed by atoms with Crippen molar-refractivity contribution in [2.45, 2.75) is 31.8 Å². The number of rotatable bonds is 5. The largest absolute Gasteiger partial charge is 0.353 e. The van der Waals surface area contributed by atoms with E-state index in [-0.39, 0.29) is 24.0 Å². The molecule has 1 saturated heterocycles. The minimum absolute atomic E-state index is 0. The standard InChI is InChI=1S/C28H27ClN6O.ClH/c29-24-10-4-2-7-20(24)16-23-26-28(36)34(18-25-22-9-3-1-6-19(22)11-12-31-25)14-15-35(26)32-27(23)33-13-5-8-21(30)17-33;/h1-4,6-7,9-12,14-15,21H,5,8,13,16-18,30H2;1H/t21-;/m1./s1. The van der Waals surface area contributed by atoms with Crippen LogP contribution < -0.4 is 16.2 Å². The number of pyridine rings is 1. The van der Waals surface area contributed by atoms with Crippen LogP contribution in [-0.2, 0) is 13.0 Å². The van der Waals surface area contributed by atoms with Crippen molar-refractivity contribution in [1.82, 2.24) is 19.2 Å². The molecular formula is C28H28Cl2N6O. The number of anilines is 1. The first-order chi connectivity index (χ1) is 17.6. The van der Waals surface area contributed by atoms with E-state index in [1.807, 2.05) is 54.7 Å². The number of piperidine rings is 1. The van der Waals surface area contributed by atoms with Gasteiger partial charge in [-0.1, -0.05) is 54.1 Å². The van der Waals surface area contributed by atoms with E-state index in [4.69, 9.17) is 22.4 Å². The zero-order valence-corrected chi connectivity index (χ0v) is 21.8. The van der Waals surface area contributed by atoms with Gasteiger partial charge in [-0.15, -0.1) is 17.5 Å². The van der Waals surface area contributed by atoms with Gasteiger partial charge in [0.05, 0.1) is 12.2 Å². The molecule has 0 aliphatic carbocycles. The normalized spacial score (nSPS) is 15.7. The van der Waals surface area contributed by atoms with E-state index in [1.54, 1.807) is 21.5 Å². The molecule has 0 saturated carbocycles. The predicted molar refractivity (Wildman–Crippen MR) is 151 cm³/mol. The topological polar surface area (TPSA) is 81.4 Å². The summed E-state index contributed by atoms with van der Waals surface area (Å²) in [6.45, 7) is 1.95. The summed E-state index contributed by atoms with van der Waals surface area (Å²) in [4.78, 5) is 20.7. The third kappa shape index (κ3) is 4.82. The first-order valence-electron chi connectivity index (χ1n) is 12.3. The van der Waals surface area contributed by atoms with Gasteiger partial charge >= 0.3 is 0 Å². The van der Waals surface area contributed by atoms with Gasteiger partial charge in [-0.05, 0) is 35.9 Å². The lowest BCUT2D eigenvalue weighted by molar-refractivity contribution is 0.502. The molecule has 190 valence electrons. The fraction of sp³-hybridized carbons (Fsp3) is 0.250. The molecule has 1 atom stereocenters. The van der Waals surface area contributed by atoms with Crippen molar-refractivity contribution in [3.05, 3.63) is 105 Å². The smallest absolute Gasteiger partial charge is 0.277 e. The third-order valence-corrected chi connectivity index (χ3v) is 7.37. The number of nitrogens with zero attached hydrogens (tertiary/aromatic N) is 5. The fourth-order valence-corrected chi connectivity index (χ4v) is 5.39. The summed E-state index contributed by atoms with van der Waals surface area (Å²) in [5, 5.41) is 7.69. The summed E-state index contributed by atoms with van der Waals surface area (Å²) in [6.07, 6.45) is 7.94. The van der Waals surface area contributed by atoms with Gasteiger partial charge in [0.15, 0.2) is 5.82 Å². The van der Waals surface area contributed by atoms with E-state index in [1.165, 1.54) is 0 Å². The lowest BCUT2D eigenvalue weighted by Gasteiger charge is -2.31. The van der Waals surface area contributed by atoms with Crippen LogP contribution in [0.25, 0.3) is 16.3 Å². The predicted octanol–water partition coefficient (Wildman–Crippen LogP) is 4.69. The Morgan fingerprint density at radius 3 is 2.70 bits per heavy atom. The van der Waals surface area contributed by atoms with E-state index in [9.17, 15) is 4.79 Å². The van der Waals surface area contributed by atoms with Crippen molar-refractivity contribution in [2.24, 2.45) is 5.73 Å². The zero-order valence-electron chi connectivity index (χ0n) is 20.3. The number of fused-ring (bicyclic) bond motifs is 2. The lowest BCUT2D eigenvalue weighted by Crippen LogP contribution is -2.43. The van der Waals surface area contributed by atoms with Crippen LogP contribution in [0, 0.1) is 0 Å². The molecule has 2 aromatic carbocycles. The molecule has 1 aliphatic heterocycles. The Labute approximate surface area is 225 Å². The van der Waals surface area contributed by atoms with Gasteiger partial charge in [0.25, 0.3) is 5.56 Å². The van der Waals surface area contributed by atoms with Crippen molar-refractivity contribution in [1.29, 1.82) is 0 Å². The second-order valence-electron chi connectivity index (χ2n) is 9.42. The van der Waals surface area contributed by atoms with E-state index < -0.39 is 0 Å². The van der Waals surface area contributed by atoms with Crippen molar-refractivity contribution < 1.29 is 0 Å². The maximum absolute atomic E-state index is 13.9. The highest BCUT2D eigenvalue weighted by atomic mass is 35.5. The van der Waals surface area contributed by atoms with Gasteiger partial charge in [-0.2, -0.15) is 0 Å². The molecule has 1 aliphatic rings. The summed E-state index contributed by atoms with van der Waals surface area (Å²) in [7, 11) is 0. The van der Waals surface area contributed by atoms with E-state index in [0.717, 1.165) is 52.8 Å². The molecule has 0 unspecified atom stereocenters. The quantitative estimate of drug-likeness (QED) is 0.353. The van der Waals surface area contributed by atoms with Gasteiger partial charge < -0.3 is 15.2 Å². The molecule has 3 aromatic heterocycles. The maximum atomic E-state index is 13.9. The second-order valence-corrected chi connectivity index (χ2v) is 9.83. The average Bonchev–Trinajstić information content (AvgIpc) is 3.26. The number of hydrogen-bond acceptors (Lipinski definition) is 5. The van der Waals surface area contributed by atoms with Gasteiger partial charge in [0.2, 0.25) is 0 Å². The second kappa shape index (κ2) is 10.5. The molecular weight excluding hydrogens is 507 g/mol. The Morgan fingerprint density at radius 1 is 1.05 bits per heavy atom. The summed E-state index contributed by atoms with van der Waals surface area (Å²) in [5.74, 6) is 0.809. The number of aromatic nitrogens is 4. The highest BCUT2D eigenvalue weighted by molar-refractivity contribution is 6.31. The fourth-order valence-electron chi connectivity index (χ4n) is 5.18. The van der Waals surface area contributed by atoms with Gasteiger partial charge in [0, 0.05) is 60.1 Å². The molecule has 1 fully saturated rings. The highest BCUT2D eigenvalue weighted by Gasteiger charge is 2.26. The highest BCUT2D eigenvalue weighted by Crippen LogP contribution is 2.29.